The Labute approximate surface area is 137 Å². The summed E-state index contributed by atoms with van der Waals surface area (Å²) in [6.07, 6.45) is 3.53. The van der Waals surface area contributed by atoms with E-state index in [-0.39, 0.29) is 18.3 Å². The van der Waals surface area contributed by atoms with Crippen LogP contribution in [0.1, 0.15) is 24.1 Å². The average molecular weight is 332 g/mol. The Balaban J connectivity index is 0.00000220. The molecule has 1 fully saturated rings. The van der Waals surface area contributed by atoms with Gasteiger partial charge in [-0.1, -0.05) is 6.07 Å². The van der Waals surface area contributed by atoms with Crippen molar-refractivity contribution in [1.29, 1.82) is 0 Å². The summed E-state index contributed by atoms with van der Waals surface area (Å²) >= 11 is 1.70. The van der Waals surface area contributed by atoms with Crippen LogP contribution in [0.25, 0.3) is 0 Å². The Morgan fingerprint density at radius 1 is 1.38 bits per heavy atom. The minimum absolute atomic E-state index is 0. The summed E-state index contributed by atoms with van der Waals surface area (Å²) in [4.78, 5) is 17.6. The Bertz CT molecular complexity index is 405. The van der Waals surface area contributed by atoms with E-state index in [4.69, 9.17) is 0 Å². The lowest BCUT2D eigenvalue weighted by atomic mass is 10.1. The number of amides is 1. The second-order valence-electron chi connectivity index (χ2n) is 5.58. The summed E-state index contributed by atoms with van der Waals surface area (Å²) in [5.74, 6) is 0.207. The van der Waals surface area contributed by atoms with Crippen LogP contribution in [0.4, 0.5) is 0 Å². The molecule has 1 aromatic rings. The van der Waals surface area contributed by atoms with Crippen LogP contribution in [0.3, 0.4) is 0 Å². The van der Waals surface area contributed by atoms with Crippen molar-refractivity contribution in [2.75, 3.05) is 33.7 Å². The highest BCUT2D eigenvalue weighted by Crippen LogP contribution is 2.13. The van der Waals surface area contributed by atoms with E-state index in [2.05, 4.69) is 28.7 Å². The highest BCUT2D eigenvalue weighted by atomic mass is 35.5. The van der Waals surface area contributed by atoms with Gasteiger partial charge in [-0.05, 0) is 50.8 Å². The molecular formula is C15H26ClN3OS. The second-order valence-corrected chi connectivity index (χ2v) is 6.61. The minimum Gasteiger partial charge on any atom is -0.340 e. The number of rotatable bonds is 5. The monoisotopic (exact) mass is 331 g/mol. The molecule has 1 unspecified atom stereocenters. The molecular weight excluding hydrogens is 306 g/mol. The normalized spacial score (nSPS) is 18.9. The fourth-order valence-corrected chi connectivity index (χ4v) is 3.39. The molecule has 6 heteroatoms. The fraction of sp³-hybridized carbons (Fsp3) is 0.667. The molecule has 0 spiro atoms. The van der Waals surface area contributed by atoms with Crippen molar-refractivity contribution in [3.63, 3.8) is 0 Å². The lowest BCUT2D eigenvalue weighted by molar-refractivity contribution is -0.131. The molecule has 1 saturated heterocycles. The van der Waals surface area contributed by atoms with Crippen LogP contribution in [0, 0.1) is 0 Å². The van der Waals surface area contributed by atoms with Crippen LogP contribution in [0.15, 0.2) is 17.5 Å². The zero-order chi connectivity index (χ0) is 14.4. The van der Waals surface area contributed by atoms with Gasteiger partial charge in [0.05, 0.1) is 13.1 Å². The Morgan fingerprint density at radius 2 is 2.19 bits per heavy atom. The van der Waals surface area contributed by atoms with Crippen molar-refractivity contribution in [3.8, 4) is 0 Å². The first-order valence-corrected chi connectivity index (χ1v) is 8.22. The molecule has 21 heavy (non-hydrogen) atoms. The van der Waals surface area contributed by atoms with E-state index in [0.717, 1.165) is 26.1 Å². The van der Waals surface area contributed by atoms with Gasteiger partial charge in [0.1, 0.15) is 0 Å². The third-order valence-corrected chi connectivity index (χ3v) is 4.81. The highest BCUT2D eigenvalue weighted by molar-refractivity contribution is 7.09. The van der Waals surface area contributed by atoms with Gasteiger partial charge in [-0.25, -0.2) is 0 Å². The molecule has 0 radical (unpaired) electrons. The maximum Gasteiger partial charge on any atom is 0.236 e. The van der Waals surface area contributed by atoms with Crippen LogP contribution in [0.2, 0.25) is 0 Å². The number of carbonyl (C=O) groups is 1. The molecule has 1 amide bonds. The lowest BCUT2D eigenvalue weighted by Crippen LogP contribution is -2.41. The molecule has 2 heterocycles. The van der Waals surface area contributed by atoms with Crippen LogP contribution in [-0.4, -0.2) is 55.5 Å². The summed E-state index contributed by atoms with van der Waals surface area (Å²) in [7, 11) is 3.97. The number of hydrogen-bond donors (Lipinski definition) is 1. The van der Waals surface area contributed by atoms with Gasteiger partial charge in [0, 0.05) is 18.0 Å². The lowest BCUT2D eigenvalue weighted by Gasteiger charge is -2.28. The first kappa shape index (κ1) is 18.4. The molecule has 0 saturated carbocycles. The van der Waals surface area contributed by atoms with E-state index >= 15 is 0 Å². The summed E-state index contributed by atoms with van der Waals surface area (Å²) in [5, 5.41) is 5.47. The zero-order valence-electron chi connectivity index (χ0n) is 12.9. The first-order chi connectivity index (χ1) is 9.66. The molecule has 1 aromatic heterocycles. The van der Waals surface area contributed by atoms with Crippen molar-refractivity contribution >= 4 is 29.7 Å². The minimum atomic E-state index is 0. The average Bonchev–Trinajstić information content (AvgIpc) is 2.78. The van der Waals surface area contributed by atoms with Gasteiger partial charge >= 0.3 is 0 Å². The van der Waals surface area contributed by atoms with Crippen molar-refractivity contribution in [2.24, 2.45) is 0 Å². The standard InChI is InChI=1S/C15H25N3OS.ClH/c1-17(13-5-3-8-16-9-7-13)12-15(19)18(2)11-14-6-4-10-20-14;/h4,6,10,13,16H,3,5,7-9,11-12H2,1-2H3;1H. The van der Waals surface area contributed by atoms with Crippen molar-refractivity contribution in [2.45, 2.75) is 31.8 Å². The van der Waals surface area contributed by atoms with Gasteiger partial charge in [-0.15, -0.1) is 23.7 Å². The van der Waals surface area contributed by atoms with E-state index in [9.17, 15) is 4.79 Å². The van der Waals surface area contributed by atoms with E-state index in [0.29, 0.717) is 12.6 Å². The third kappa shape index (κ3) is 5.94. The van der Waals surface area contributed by atoms with Crippen LogP contribution in [0.5, 0.6) is 0 Å². The number of thiophene rings is 1. The maximum atomic E-state index is 12.3. The third-order valence-electron chi connectivity index (χ3n) is 3.95. The molecule has 1 aliphatic heterocycles. The van der Waals surface area contributed by atoms with Gasteiger partial charge in [-0.3, -0.25) is 9.69 Å². The summed E-state index contributed by atoms with van der Waals surface area (Å²) < 4.78 is 0. The molecule has 1 aliphatic rings. The van der Waals surface area contributed by atoms with Gasteiger partial charge < -0.3 is 10.2 Å². The Kier molecular flexibility index (Phi) is 8.26. The van der Waals surface area contributed by atoms with E-state index in [1.165, 1.54) is 17.7 Å². The van der Waals surface area contributed by atoms with Crippen molar-refractivity contribution in [1.82, 2.24) is 15.1 Å². The molecule has 2 rings (SSSR count). The molecule has 0 aliphatic carbocycles. The summed E-state index contributed by atoms with van der Waals surface area (Å²) in [6, 6.07) is 4.64. The van der Waals surface area contributed by atoms with Gasteiger partial charge in [0.25, 0.3) is 0 Å². The largest absolute Gasteiger partial charge is 0.340 e. The summed E-state index contributed by atoms with van der Waals surface area (Å²) in [6.45, 7) is 3.41. The molecule has 4 nitrogen and oxygen atoms in total. The van der Waals surface area contributed by atoms with Crippen molar-refractivity contribution in [3.05, 3.63) is 22.4 Å². The van der Waals surface area contributed by atoms with Gasteiger partial charge in [0.15, 0.2) is 0 Å². The van der Waals surface area contributed by atoms with Crippen LogP contribution >= 0.6 is 23.7 Å². The van der Waals surface area contributed by atoms with E-state index in [1.807, 2.05) is 18.0 Å². The zero-order valence-corrected chi connectivity index (χ0v) is 14.5. The smallest absolute Gasteiger partial charge is 0.236 e. The van der Waals surface area contributed by atoms with Gasteiger partial charge in [-0.2, -0.15) is 0 Å². The molecule has 1 atom stereocenters. The molecule has 120 valence electrons. The second kappa shape index (κ2) is 9.41. The highest BCUT2D eigenvalue weighted by Gasteiger charge is 2.20. The predicted molar refractivity (Wildman–Crippen MR) is 91.2 cm³/mol. The number of hydrogen-bond acceptors (Lipinski definition) is 4. The fourth-order valence-electron chi connectivity index (χ4n) is 2.63. The maximum absolute atomic E-state index is 12.3. The predicted octanol–water partition coefficient (Wildman–Crippen LogP) is 2.20. The molecule has 0 aromatic carbocycles. The van der Waals surface area contributed by atoms with E-state index in [1.54, 1.807) is 11.3 Å². The number of nitrogens with zero attached hydrogens (tertiary/aromatic N) is 2. The Morgan fingerprint density at radius 3 is 2.90 bits per heavy atom. The SMILES string of the molecule is CN(Cc1cccs1)C(=O)CN(C)C1CCCNCC1.Cl. The number of likely N-dealkylation sites (N-methyl/N-ethyl adjacent to an activating group) is 2. The Hall–Kier alpha value is -0.620. The topological polar surface area (TPSA) is 35.6 Å². The van der Waals surface area contributed by atoms with E-state index < -0.39 is 0 Å². The van der Waals surface area contributed by atoms with Gasteiger partial charge in [0.2, 0.25) is 5.91 Å². The number of halogens is 1. The number of carbonyl (C=O) groups excluding carboxylic acids is 1. The summed E-state index contributed by atoms with van der Waals surface area (Å²) in [5.41, 5.74) is 0. The van der Waals surface area contributed by atoms with Crippen molar-refractivity contribution < 1.29 is 4.79 Å². The molecule has 1 N–H and O–H groups in total. The quantitative estimate of drug-likeness (QED) is 0.898. The molecule has 0 bridgehead atoms. The first-order valence-electron chi connectivity index (χ1n) is 7.34. The number of nitrogens with one attached hydrogen (secondary N) is 1. The van der Waals surface area contributed by atoms with Crippen LogP contribution < -0.4 is 5.32 Å². The van der Waals surface area contributed by atoms with Crippen LogP contribution in [-0.2, 0) is 11.3 Å².